The summed E-state index contributed by atoms with van der Waals surface area (Å²) in [6.07, 6.45) is 3.76. The molecule has 0 atom stereocenters. The van der Waals surface area contributed by atoms with Crippen LogP contribution in [0.3, 0.4) is 0 Å². The molecule has 0 aliphatic heterocycles. The predicted molar refractivity (Wildman–Crippen MR) is 86.6 cm³/mol. The molecular formula is C16H20BrN3O. The fourth-order valence-electron chi connectivity index (χ4n) is 2.78. The number of carbonyl (C=O) groups is 1. The van der Waals surface area contributed by atoms with Crippen LogP contribution in [0.25, 0.3) is 0 Å². The average Bonchev–Trinajstić information content (AvgIpc) is 2.50. The van der Waals surface area contributed by atoms with Crippen LogP contribution in [-0.4, -0.2) is 12.5 Å². The number of nitrogens with zero attached hydrogens (tertiary/aromatic N) is 1. The Morgan fingerprint density at radius 2 is 2.19 bits per heavy atom. The molecule has 5 heteroatoms. The van der Waals surface area contributed by atoms with Crippen LogP contribution in [0.2, 0.25) is 0 Å². The molecule has 4 nitrogen and oxygen atoms in total. The molecule has 0 spiro atoms. The van der Waals surface area contributed by atoms with Gasteiger partial charge in [0.1, 0.15) is 0 Å². The van der Waals surface area contributed by atoms with E-state index in [1.54, 1.807) is 18.2 Å². The van der Waals surface area contributed by atoms with Crippen LogP contribution in [0, 0.1) is 22.7 Å². The lowest BCUT2D eigenvalue weighted by atomic mass is 9.70. The molecule has 112 valence electrons. The molecule has 1 aromatic rings. The molecule has 0 radical (unpaired) electrons. The van der Waals surface area contributed by atoms with Gasteiger partial charge in [-0.15, -0.1) is 0 Å². The van der Waals surface area contributed by atoms with Crippen LogP contribution in [0.4, 0.5) is 5.69 Å². The molecule has 1 aliphatic rings. The van der Waals surface area contributed by atoms with Gasteiger partial charge in [-0.2, -0.15) is 5.26 Å². The van der Waals surface area contributed by atoms with Gasteiger partial charge in [-0.1, -0.05) is 6.92 Å². The summed E-state index contributed by atoms with van der Waals surface area (Å²) in [4.78, 5) is 12.7. The van der Waals surface area contributed by atoms with Crippen LogP contribution >= 0.6 is 15.9 Å². The van der Waals surface area contributed by atoms with E-state index in [4.69, 9.17) is 11.0 Å². The molecule has 1 amide bonds. The largest absolute Gasteiger partial charge is 0.329 e. The molecule has 1 aliphatic carbocycles. The number of anilines is 1. The molecule has 0 saturated heterocycles. The van der Waals surface area contributed by atoms with Gasteiger partial charge in [0.05, 0.1) is 22.7 Å². The van der Waals surface area contributed by atoms with Crippen molar-refractivity contribution in [3.05, 3.63) is 28.2 Å². The van der Waals surface area contributed by atoms with Crippen molar-refractivity contribution >= 4 is 27.5 Å². The number of hydrogen-bond donors (Lipinski definition) is 2. The van der Waals surface area contributed by atoms with E-state index in [9.17, 15) is 4.79 Å². The number of carbonyl (C=O) groups excluding carboxylic acids is 1. The molecule has 1 fully saturated rings. The summed E-state index contributed by atoms with van der Waals surface area (Å²) in [6, 6.07) is 7.21. The van der Waals surface area contributed by atoms with Crippen molar-refractivity contribution in [3.63, 3.8) is 0 Å². The summed E-state index contributed by atoms with van der Waals surface area (Å²) < 4.78 is 0.714. The van der Waals surface area contributed by atoms with E-state index >= 15 is 0 Å². The molecule has 0 heterocycles. The fraction of sp³-hybridized carbons (Fsp3) is 0.500. The van der Waals surface area contributed by atoms with Crippen LogP contribution in [0.15, 0.2) is 22.7 Å². The maximum atomic E-state index is 12.7. The van der Waals surface area contributed by atoms with Gasteiger partial charge >= 0.3 is 0 Å². The first-order valence-electron chi connectivity index (χ1n) is 7.22. The van der Waals surface area contributed by atoms with Crippen molar-refractivity contribution in [2.75, 3.05) is 11.9 Å². The molecular weight excluding hydrogens is 330 g/mol. The Morgan fingerprint density at radius 3 is 2.71 bits per heavy atom. The number of rotatable bonds is 3. The van der Waals surface area contributed by atoms with Crippen molar-refractivity contribution in [1.29, 1.82) is 5.26 Å². The van der Waals surface area contributed by atoms with Gasteiger partial charge in [-0.3, -0.25) is 4.79 Å². The Morgan fingerprint density at radius 1 is 1.52 bits per heavy atom. The van der Waals surface area contributed by atoms with Crippen LogP contribution < -0.4 is 11.1 Å². The van der Waals surface area contributed by atoms with Gasteiger partial charge in [0.2, 0.25) is 5.91 Å². The van der Waals surface area contributed by atoms with E-state index in [0.717, 1.165) is 25.7 Å². The van der Waals surface area contributed by atoms with Gasteiger partial charge in [-0.25, -0.2) is 0 Å². The Balaban J connectivity index is 2.15. The Labute approximate surface area is 133 Å². The number of hydrogen-bond acceptors (Lipinski definition) is 3. The van der Waals surface area contributed by atoms with Crippen molar-refractivity contribution in [2.24, 2.45) is 17.1 Å². The highest BCUT2D eigenvalue weighted by Gasteiger charge is 2.39. The van der Waals surface area contributed by atoms with E-state index in [1.165, 1.54) is 0 Å². The monoisotopic (exact) mass is 349 g/mol. The molecule has 0 bridgehead atoms. The molecule has 0 unspecified atom stereocenters. The summed E-state index contributed by atoms with van der Waals surface area (Å²) in [5, 5.41) is 11.8. The minimum absolute atomic E-state index is 0.0118. The Kier molecular flexibility index (Phi) is 5.02. The molecule has 21 heavy (non-hydrogen) atoms. The second-order valence-electron chi connectivity index (χ2n) is 5.93. The second-order valence-corrected chi connectivity index (χ2v) is 6.78. The van der Waals surface area contributed by atoms with E-state index in [-0.39, 0.29) is 5.91 Å². The Bertz CT molecular complexity index is 571. The van der Waals surface area contributed by atoms with E-state index in [2.05, 4.69) is 34.2 Å². The number of halogens is 1. The SMILES string of the molecule is CC1CCC(CN)(C(=O)Nc2ccc(C#N)cc2Br)CC1. The lowest BCUT2D eigenvalue weighted by molar-refractivity contribution is -0.127. The predicted octanol–water partition coefficient (Wildman–Crippen LogP) is 3.41. The molecule has 0 aromatic heterocycles. The lowest BCUT2D eigenvalue weighted by Crippen LogP contribution is -2.44. The van der Waals surface area contributed by atoms with Crippen LogP contribution in [0.1, 0.15) is 38.2 Å². The maximum absolute atomic E-state index is 12.7. The van der Waals surface area contributed by atoms with Gasteiger partial charge in [0.25, 0.3) is 0 Å². The minimum Gasteiger partial charge on any atom is -0.329 e. The van der Waals surface area contributed by atoms with Crippen molar-refractivity contribution in [1.82, 2.24) is 0 Å². The van der Waals surface area contributed by atoms with E-state index in [0.29, 0.717) is 28.2 Å². The zero-order valence-electron chi connectivity index (χ0n) is 12.2. The quantitative estimate of drug-likeness (QED) is 0.877. The Hall–Kier alpha value is -1.38. The standard InChI is InChI=1S/C16H20BrN3O/c1-11-4-6-16(10-19,7-5-11)15(21)20-14-3-2-12(9-18)8-13(14)17/h2-3,8,11H,4-7,10,19H2,1H3,(H,20,21). The average molecular weight is 350 g/mol. The zero-order chi connectivity index (χ0) is 15.5. The van der Waals surface area contributed by atoms with Crippen LogP contribution in [-0.2, 0) is 4.79 Å². The van der Waals surface area contributed by atoms with Gasteiger partial charge in [0, 0.05) is 11.0 Å². The number of benzene rings is 1. The van der Waals surface area contributed by atoms with Gasteiger partial charge in [-0.05, 0) is 65.7 Å². The number of nitrogens with one attached hydrogen (secondary N) is 1. The van der Waals surface area contributed by atoms with Crippen molar-refractivity contribution in [3.8, 4) is 6.07 Å². The smallest absolute Gasteiger partial charge is 0.231 e. The number of amides is 1. The van der Waals surface area contributed by atoms with Crippen molar-refractivity contribution < 1.29 is 4.79 Å². The minimum atomic E-state index is -0.458. The van der Waals surface area contributed by atoms with Gasteiger partial charge < -0.3 is 11.1 Å². The molecule has 1 saturated carbocycles. The third-order valence-corrected chi connectivity index (χ3v) is 5.11. The second kappa shape index (κ2) is 6.59. The van der Waals surface area contributed by atoms with E-state index < -0.39 is 5.41 Å². The summed E-state index contributed by atoms with van der Waals surface area (Å²) in [5.74, 6) is 0.654. The van der Waals surface area contributed by atoms with Crippen LogP contribution in [0.5, 0.6) is 0 Å². The normalized spacial score (nSPS) is 25.1. The third kappa shape index (κ3) is 3.45. The first-order chi connectivity index (χ1) is 10.0. The summed E-state index contributed by atoms with van der Waals surface area (Å²) in [6.45, 7) is 2.59. The highest BCUT2D eigenvalue weighted by Crippen LogP contribution is 2.39. The summed E-state index contributed by atoms with van der Waals surface area (Å²) in [5.41, 5.74) is 6.69. The molecule has 2 rings (SSSR count). The lowest BCUT2D eigenvalue weighted by Gasteiger charge is -2.37. The van der Waals surface area contributed by atoms with Crippen molar-refractivity contribution in [2.45, 2.75) is 32.6 Å². The van der Waals surface area contributed by atoms with Gasteiger partial charge in [0.15, 0.2) is 0 Å². The first kappa shape index (κ1) is 16.0. The topological polar surface area (TPSA) is 78.9 Å². The van der Waals surface area contributed by atoms with E-state index in [1.807, 2.05) is 0 Å². The number of nitriles is 1. The first-order valence-corrected chi connectivity index (χ1v) is 8.01. The summed E-state index contributed by atoms with van der Waals surface area (Å²) in [7, 11) is 0. The molecule has 1 aromatic carbocycles. The molecule has 3 N–H and O–H groups in total. The third-order valence-electron chi connectivity index (χ3n) is 4.45. The maximum Gasteiger partial charge on any atom is 0.231 e. The summed E-state index contributed by atoms with van der Waals surface area (Å²) >= 11 is 3.39. The highest BCUT2D eigenvalue weighted by atomic mass is 79.9. The highest BCUT2D eigenvalue weighted by molar-refractivity contribution is 9.10. The zero-order valence-corrected chi connectivity index (χ0v) is 13.7. The fourth-order valence-corrected chi connectivity index (χ4v) is 3.26. The number of nitrogens with two attached hydrogens (primary N) is 1.